The second-order valence-corrected chi connectivity index (χ2v) is 7.32. The quantitative estimate of drug-likeness (QED) is 0.813. The van der Waals surface area contributed by atoms with Crippen LogP contribution in [0, 0.1) is 6.92 Å². The van der Waals surface area contributed by atoms with Gasteiger partial charge in [-0.1, -0.05) is 48.0 Å². The number of carboxylic acid groups (broad SMARTS) is 1. The van der Waals surface area contributed by atoms with Crippen LogP contribution < -0.4 is 5.32 Å². The predicted molar refractivity (Wildman–Crippen MR) is 89.6 cm³/mol. The van der Waals surface area contributed by atoms with E-state index < -0.39 is 27.3 Å². The Bertz CT molecular complexity index is 846. The summed E-state index contributed by atoms with van der Waals surface area (Å²) in [6, 6.07) is 14.4. The van der Waals surface area contributed by atoms with Gasteiger partial charge in [-0.15, -0.1) is 0 Å². The minimum Gasteiger partial charge on any atom is -0.479 e. The standard InChI is InChI=1S/C17H17NO6S/c1-12-7-9-14(10-8-12)25(22,23)15(16(19)20)18-17(21)24-11-13-5-3-2-4-6-13/h2-10,15H,11H2,1H3,(H,18,21)(H,19,20). The molecule has 2 rings (SSSR count). The molecular weight excluding hydrogens is 346 g/mol. The summed E-state index contributed by atoms with van der Waals surface area (Å²) in [7, 11) is -4.31. The molecule has 1 amide bonds. The van der Waals surface area contributed by atoms with E-state index in [2.05, 4.69) is 0 Å². The first kappa shape index (κ1) is 18.5. The molecular formula is C17H17NO6S. The maximum Gasteiger partial charge on any atom is 0.408 e. The minimum absolute atomic E-state index is 0.108. The van der Waals surface area contributed by atoms with Gasteiger partial charge in [0, 0.05) is 0 Å². The van der Waals surface area contributed by atoms with Crippen LogP contribution in [0.5, 0.6) is 0 Å². The normalized spacial score (nSPS) is 12.2. The fraction of sp³-hybridized carbons (Fsp3) is 0.176. The number of nitrogens with one attached hydrogen (secondary N) is 1. The molecule has 2 aromatic rings. The molecule has 0 radical (unpaired) electrons. The molecule has 2 N–H and O–H groups in total. The van der Waals surface area contributed by atoms with Crippen LogP contribution in [0.15, 0.2) is 59.5 Å². The molecule has 8 heteroatoms. The Hall–Kier alpha value is -2.87. The Kier molecular flexibility index (Phi) is 5.76. The molecule has 1 atom stereocenters. The maximum absolute atomic E-state index is 12.4. The van der Waals surface area contributed by atoms with Crippen LogP contribution >= 0.6 is 0 Å². The number of carbonyl (C=O) groups is 2. The van der Waals surface area contributed by atoms with Crippen LogP contribution in [0.1, 0.15) is 11.1 Å². The summed E-state index contributed by atoms with van der Waals surface area (Å²) in [6.45, 7) is 1.66. The predicted octanol–water partition coefficient (Wildman–Crippen LogP) is 2.11. The van der Waals surface area contributed by atoms with Gasteiger partial charge in [-0.3, -0.25) is 5.32 Å². The molecule has 0 aromatic heterocycles. The van der Waals surface area contributed by atoms with Crippen molar-refractivity contribution in [2.24, 2.45) is 0 Å². The molecule has 7 nitrogen and oxygen atoms in total. The van der Waals surface area contributed by atoms with Crippen LogP contribution in [0.25, 0.3) is 0 Å². The zero-order valence-electron chi connectivity index (χ0n) is 13.4. The van der Waals surface area contributed by atoms with Gasteiger partial charge in [0.25, 0.3) is 0 Å². The fourth-order valence-electron chi connectivity index (χ4n) is 2.01. The molecule has 132 valence electrons. The molecule has 0 aliphatic heterocycles. The summed E-state index contributed by atoms with van der Waals surface area (Å²) in [5.41, 5.74) is 1.51. The van der Waals surface area contributed by atoms with Crippen molar-refractivity contribution in [1.82, 2.24) is 5.32 Å². The Morgan fingerprint density at radius 1 is 1.08 bits per heavy atom. The van der Waals surface area contributed by atoms with Gasteiger partial charge in [0.15, 0.2) is 0 Å². The van der Waals surface area contributed by atoms with E-state index in [-0.39, 0.29) is 11.5 Å². The number of hydrogen-bond donors (Lipinski definition) is 2. The van der Waals surface area contributed by atoms with Crippen molar-refractivity contribution in [2.45, 2.75) is 23.8 Å². The third-order valence-electron chi connectivity index (χ3n) is 3.35. The number of hydrogen-bond acceptors (Lipinski definition) is 5. The van der Waals surface area contributed by atoms with Crippen molar-refractivity contribution in [3.05, 3.63) is 65.7 Å². The van der Waals surface area contributed by atoms with Crippen molar-refractivity contribution >= 4 is 21.9 Å². The average molecular weight is 363 g/mol. The third kappa shape index (κ3) is 4.80. The summed E-state index contributed by atoms with van der Waals surface area (Å²) >= 11 is 0. The third-order valence-corrected chi connectivity index (χ3v) is 5.22. The van der Waals surface area contributed by atoms with Gasteiger partial charge in [-0.05, 0) is 24.6 Å². The van der Waals surface area contributed by atoms with E-state index >= 15 is 0 Å². The largest absolute Gasteiger partial charge is 0.479 e. The lowest BCUT2D eigenvalue weighted by Gasteiger charge is -2.15. The summed E-state index contributed by atoms with van der Waals surface area (Å²) in [4.78, 5) is 22.9. The Labute approximate surface area is 145 Å². The summed E-state index contributed by atoms with van der Waals surface area (Å²) in [5.74, 6) is -1.70. The van der Waals surface area contributed by atoms with E-state index in [4.69, 9.17) is 4.74 Å². The lowest BCUT2D eigenvalue weighted by Crippen LogP contribution is -2.46. The van der Waals surface area contributed by atoms with Gasteiger partial charge >= 0.3 is 12.1 Å². The molecule has 0 saturated heterocycles. The van der Waals surface area contributed by atoms with Gasteiger partial charge in [-0.2, -0.15) is 0 Å². The first-order chi connectivity index (χ1) is 11.8. The van der Waals surface area contributed by atoms with E-state index in [1.54, 1.807) is 49.4 Å². The highest BCUT2D eigenvalue weighted by Crippen LogP contribution is 2.16. The van der Waals surface area contributed by atoms with E-state index in [1.807, 2.05) is 5.32 Å². The van der Waals surface area contributed by atoms with Crippen LogP contribution in [0.3, 0.4) is 0 Å². The number of alkyl carbamates (subject to hydrolysis) is 1. The lowest BCUT2D eigenvalue weighted by molar-refractivity contribution is -0.137. The van der Waals surface area contributed by atoms with Crippen LogP contribution in [-0.2, 0) is 26.0 Å². The van der Waals surface area contributed by atoms with Gasteiger partial charge in [-0.25, -0.2) is 18.0 Å². The molecule has 0 heterocycles. The van der Waals surface area contributed by atoms with Crippen molar-refractivity contribution in [1.29, 1.82) is 0 Å². The fourth-order valence-corrected chi connectivity index (χ4v) is 3.31. The zero-order chi connectivity index (χ0) is 18.4. The molecule has 0 aliphatic rings. The number of aryl methyl sites for hydroxylation is 1. The number of benzene rings is 2. The average Bonchev–Trinajstić information content (AvgIpc) is 2.58. The van der Waals surface area contributed by atoms with Crippen molar-refractivity contribution in [3.63, 3.8) is 0 Å². The zero-order valence-corrected chi connectivity index (χ0v) is 14.2. The number of rotatable bonds is 6. The van der Waals surface area contributed by atoms with E-state index in [0.717, 1.165) is 5.56 Å². The number of ether oxygens (including phenoxy) is 1. The lowest BCUT2D eigenvalue weighted by atomic mass is 10.2. The number of carbonyl (C=O) groups excluding carboxylic acids is 1. The van der Waals surface area contributed by atoms with E-state index in [0.29, 0.717) is 5.56 Å². The highest BCUT2D eigenvalue weighted by atomic mass is 32.2. The van der Waals surface area contributed by atoms with Crippen molar-refractivity contribution in [3.8, 4) is 0 Å². The van der Waals surface area contributed by atoms with Crippen LogP contribution in [0.4, 0.5) is 4.79 Å². The second-order valence-electron chi connectivity index (χ2n) is 5.28. The van der Waals surface area contributed by atoms with E-state index in [9.17, 15) is 23.1 Å². The van der Waals surface area contributed by atoms with Gasteiger partial charge < -0.3 is 9.84 Å². The maximum atomic E-state index is 12.4. The molecule has 1 unspecified atom stereocenters. The number of aliphatic carboxylic acids is 1. The highest BCUT2D eigenvalue weighted by Gasteiger charge is 2.36. The molecule has 25 heavy (non-hydrogen) atoms. The Balaban J connectivity index is 2.11. The molecule has 0 fully saturated rings. The molecule has 0 spiro atoms. The SMILES string of the molecule is Cc1ccc(S(=O)(=O)C(NC(=O)OCc2ccccc2)C(=O)O)cc1. The van der Waals surface area contributed by atoms with Crippen LogP contribution in [0.2, 0.25) is 0 Å². The topological polar surface area (TPSA) is 110 Å². The number of sulfone groups is 1. The summed E-state index contributed by atoms with van der Waals surface area (Å²) < 4.78 is 29.8. The highest BCUT2D eigenvalue weighted by molar-refractivity contribution is 7.92. The van der Waals surface area contributed by atoms with Gasteiger partial charge in [0.05, 0.1) is 4.90 Å². The van der Waals surface area contributed by atoms with Crippen molar-refractivity contribution in [2.75, 3.05) is 0 Å². The number of amides is 1. The minimum atomic E-state index is -4.31. The van der Waals surface area contributed by atoms with E-state index in [1.165, 1.54) is 12.1 Å². The molecule has 0 saturated carbocycles. The second kappa shape index (κ2) is 7.80. The smallest absolute Gasteiger partial charge is 0.408 e. The van der Waals surface area contributed by atoms with Crippen molar-refractivity contribution < 1.29 is 27.9 Å². The molecule has 2 aromatic carbocycles. The van der Waals surface area contributed by atoms with Gasteiger partial charge in [0.1, 0.15) is 6.61 Å². The van der Waals surface area contributed by atoms with Gasteiger partial charge in [0.2, 0.25) is 15.2 Å². The molecule has 0 bridgehead atoms. The Morgan fingerprint density at radius 3 is 2.24 bits per heavy atom. The first-order valence-corrected chi connectivity index (χ1v) is 8.86. The number of carboxylic acids is 1. The summed E-state index contributed by atoms with van der Waals surface area (Å²) in [6.07, 6.45) is -1.13. The molecule has 0 aliphatic carbocycles. The summed E-state index contributed by atoms with van der Waals surface area (Å²) in [5, 5.41) is 8.96. The van der Waals surface area contributed by atoms with Crippen LogP contribution in [-0.4, -0.2) is 31.0 Å². The first-order valence-electron chi connectivity index (χ1n) is 7.31. The monoisotopic (exact) mass is 363 g/mol. The Morgan fingerprint density at radius 2 is 1.68 bits per heavy atom.